The molecule has 1 amide bonds. The third-order valence-corrected chi connectivity index (χ3v) is 8.43. The Balaban J connectivity index is 1.35. The number of imidazole rings is 1. The summed E-state index contributed by atoms with van der Waals surface area (Å²) in [5, 5.41) is 11.2. The molecule has 1 atom stereocenters. The third kappa shape index (κ3) is 6.84. The number of carbonyl (C=O) groups is 2. The second-order valence-electron chi connectivity index (χ2n) is 11.2. The lowest BCUT2D eigenvalue weighted by atomic mass is 9.79. The summed E-state index contributed by atoms with van der Waals surface area (Å²) in [7, 11) is 1.42. The molecule has 11 heteroatoms. The van der Waals surface area contributed by atoms with E-state index in [-0.39, 0.29) is 36.4 Å². The number of methoxy groups -OCH3 is 1. The first-order valence-corrected chi connectivity index (χ1v) is 14.6. The summed E-state index contributed by atoms with van der Waals surface area (Å²) in [6.07, 6.45) is 5.76. The number of nitrogen functional groups attached to an aromatic ring is 1. The summed E-state index contributed by atoms with van der Waals surface area (Å²) in [5.74, 6) is 1.42. The van der Waals surface area contributed by atoms with Crippen LogP contribution in [0.15, 0.2) is 42.5 Å². The molecule has 42 heavy (non-hydrogen) atoms. The van der Waals surface area contributed by atoms with Crippen LogP contribution in [-0.4, -0.2) is 53.6 Å². The fourth-order valence-corrected chi connectivity index (χ4v) is 6.10. The number of rotatable bonds is 11. The Kier molecular flexibility index (Phi) is 9.26. The molecule has 1 aliphatic carbocycles. The number of carbonyl (C=O) groups excluding carboxylic acids is 2. The lowest BCUT2D eigenvalue weighted by Gasteiger charge is -2.30. The number of benzene rings is 2. The maximum Gasteiger partial charge on any atom is 0.308 e. The highest BCUT2D eigenvalue weighted by molar-refractivity contribution is 5.98. The highest BCUT2D eigenvalue weighted by atomic mass is 16.5. The maximum atomic E-state index is 12.9. The molecule has 224 valence electrons. The smallest absolute Gasteiger partial charge is 0.308 e. The van der Waals surface area contributed by atoms with E-state index in [2.05, 4.69) is 5.32 Å². The molecule has 0 bridgehead atoms. The predicted octanol–water partition coefficient (Wildman–Crippen LogP) is 3.43. The van der Waals surface area contributed by atoms with E-state index in [1.807, 2.05) is 34.9 Å². The normalized spacial score (nSPS) is 20.1. The van der Waals surface area contributed by atoms with Crippen molar-refractivity contribution in [3.05, 3.63) is 53.9 Å². The monoisotopic (exact) mass is 576 g/mol. The van der Waals surface area contributed by atoms with Gasteiger partial charge in [0, 0.05) is 5.56 Å². The summed E-state index contributed by atoms with van der Waals surface area (Å²) >= 11 is 0. The Labute approximate surface area is 245 Å². The number of esters is 1. The standard InChI is InChI=1S/C31H40N6O5/c1-40-31(39)20-4-2-19(3-5-20)16-27(30(34)38)37-26-11-6-21(29(32)33)17-25(26)36-28(37)18-41-22-7-9-23(10-8-22)42-24-12-14-35-15-13-24/h6-11,17,19-20,24,27,35H,2-5,12-16,18H2,1H3,(H3,32,33)(H2,34,38). The van der Waals surface area contributed by atoms with Crippen LogP contribution in [0.1, 0.15) is 62.4 Å². The van der Waals surface area contributed by atoms with Gasteiger partial charge >= 0.3 is 5.97 Å². The van der Waals surface area contributed by atoms with E-state index in [9.17, 15) is 9.59 Å². The van der Waals surface area contributed by atoms with Crippen molar-refractivity contribution in [1.82, 2.24) is 14.9 Å². The van der Waals surface area contributed by atoms with Crippen LogP contribution in [0, 0.1) is 17.2 Å². The molecule has 2 aliphatic rings. The first-order chi connectivity index (χ1) is 20.3. The molecule has 3 aromatic rings. The molecule has 11 nitrogen and oxygen atoms in total. The molecule has 5 rings (SSSR count). The van der Waals surface area contributed by atoms with Crippen molar-refractivity contribution < 1.29 is 23.8 Å². The zero-order chi connectivity index (χ0) is 29.6. The van der Waals surface area contributed by atoms with Crippen LogP contribution < -0.4 is 26.3 Å². The predicted molar refractivity (Wildman–Crippen MR) is 158 cm³/mol. The second-order valence-corrected chi connectivity index (χ2v) is 11.2. The van der Waals surface area contributed by atoms with Crippen molar-refractivity contribution in [2.45, 2.75) is 63.7 Å². The number of ether oxygens (including phenoxy) is 3. The fourth-order valence-electron chi connectivity index (χ4n) is 6.10. The van der Waals surface area contributed by atoms with Gasteiger partial charge in [0.25, 0.3) is 0 Å². The van der Waals surface area contributed by atoms with E-state index in [4.69, 9.17) is 36.1 Å². The Hall–Kier alpha value is -4.12. The molecule has 1 aliphatic heterocycles. The number of amides is 1. The molecule has 2 heterocycles. The molecular formula is C31H40N6O5. The van der Waals surface area contributed by atoms with E-state index in [0.717, 1.165) is 62.9 Å². The topological polar surface area (TPSA) is 168 Å². The quantitative estimate of drug-likeness (QED) is 0.153. The number of hydrogen-bond donors (Lipinski definition) is 4. The maximum absolute atomic E-state index is 12.9. The fraction of sp³-hybridized carbons (Fsp3) is 0.484. The summed E-state index contributed by atoms with van der Waals surface area (Å²) in [4.78, 5) is 29.7. The lowest BCUT2D eigenvalue weighted by Crippen LogP contribution is -2.34. The van der Waals surface area contributed by atoms with Gasteiger partial charge in [-0.05, 0) is 106 Å². The van der Waals surface area contributed by atoms with Gasteiger partial charge < -0.3 is 35.6 Å². The number of hydrogen-bond acceptors (Lipinski definition) is 8. The minimum absolute atomic E-state index is 0.0649. The Morgan fingerprint density at radius 3 is 2.36 bits per heavy atom. The molecule has 1 unspecified atom stereocenters. The van der Waals surface area contributed by atoms with Gasteiger partial charge in [-0.2, -0.15) is 0 Å². The van der Waals surface area contributed by atoms with E-state index < -0.39 is 11.9 Å². The third-order valence-electron chi connectivity index (χ3n) is 8.43. The highest BCUT2D eigenvalue weighted by Gasteiger charge is 2.32. The van der Waals surface area contributed by atoms with Crippen LogP contribution in [-0.2, 0) is 20.9 Å². The number of aromatic nitrogens is 2. The average molecular weight is 577 g/mol. The van der Waals surface area contributed by atoms with E-state index in [1.54, 1.807) is 12.1 Å². The SMILES string of the molecule is COC(=O)C1CCC(CC(C(N)=O)n2c(COc3ccc(OC4CCNCC4)cc3)nc3cc(C(=N)N)ccc32)CC1. The number of fused-ring (bicyclic) bond motifs is 1. The first-order valence-electron chi connectivity index (χ1n) is 14.6. The molecule has 1 aromatic heterocycles. The average Bonchev–Trinajstić information content (AvgIpc) is 3.37. The van der Waals surface area contributed by atoms with Gasteiger partial charge in [-0.25, -0.2) is 4.98 Å². The lowest BCUT2D eigenvalue weighted by molar-refractivity contribution is -0.147. The number of nitrogens with zero attached hydrogens (tertiary/aromatic N) is 2. The number of nitrogens with one attached hydrogen (secondary N) is 2. The van der Waals surface area contributed by atoms with Crippen molar-refractivity contribution in [2.24, 2.45) is 23.3 Å². The number of amidine groups is 1. The Morgan fingerprint density at radius 1 is 1.02 bits per heavy atom. The van der Waals surface area contributed by atoms with Crippen LogP contribution >= 0.6 is 0 Å². The van der Waals surface area contributed by atoms with Crippen LogP contribution in [0.4, 0.5) is 0 Å². The second kappa shape index (κ2) is 13.2. The van der Waals surface area contributed by atoms with Gasteiger partial charge in [-0.15, -0.1) is 0 Å². The number of primary amides is 1. The van der Waals surface area contributed by atoms with Gasteiger partial charge in [-0.3, -0.25) is 15.0 Å². The van der Waals surface area contributed by atoms with Gasteiger partial charge in [0.1, 0.15) is 41.9 Å². The molecule has 6 N–H and O–H groups in total. The van der Waals surface area contributed by atoms with E-state index in [1.165, 1.54) is 7.11 Å². The van der Waals surface area contributed by atoms with Gasteiger partial charge in [0.15, 0.2) is 0 Å². The van der Waals surface area contributed by atoms with E-state index >= 15 is 0 Å². The van der Waals surface area contributed by atoms with Gasteiger partial charge in [0.2, 0.25) is 5.91 Å². The minimum Gasteiger partial charge on any atom is -0.490 e. The van der Waals surface area contributed by atoms with Crippen LogP contribution in [0.5, 0.6) is 11.5 Å². The van der Waals surface area contributed by atoms with E-state index in [0.29, 0.717) is 29.1 Å². The number of piperidine rings is 1. The summed E-state index contributed by atoms with van der Waals surface area (Å²) in [6, 6.07) is 12.2. The Morgan fingerprint density at radius 2 is 1.71 bits per heavy atom. The van der Waals surface area contributed by atoms with Crippen LogP contribution in [0.2, 0.25) is 0 Å². The molecule has 0 spiro atoms. The summed E-state index contributed by atoms with van der Waals surface area (Å²) < 4.78 is 19.0. The molecule has 0 radical (unpaired) electrons. The van der Waals surface area contributed by atoms with Crippen molar-refractivity contribution in [3.63, 3.8) is 0 Å². The van der Waals surface area contributed by atoms with Gasteiger partial charge in [0.05, 0.1) is 24.1 Å². The van der Waals surface area contributed by atoms with Crippen molar-refractivity contribution >= 4 is 28.7 Å². The highest BCUT2D eigenvalue weighted by Crippen LogP contribution is 2.36. The zero-order valence-electron chi connectivity index (χ0n) is 24.0. The summed E-state index contributed by atoms with van der Waals surface area (Å²) in [5.41, 5.74) is 13.6. The van der Waals surface area contributed by atoms with Crippen molar-refractivity contribution in [3.8, 4) is 11.5 Å². The number of nitrogens with two attached hydrogens (primary N) is 2. The van der Waals surface area contributed by atoms with Gasteiger partial charge in [-0.1, -0.05) is 0 Å². The van der Waals surface area contributed by atoms with Crippen LogP contribution in [0.25, 0.3) is 11.0 Å². The largest absolute Gasteiger partial charge is 0.490 e. The molecule has 2 fully saturated rings. The molecule has 1 saturated heterocycles. The zero-order valence-corrected chi connectivity index (χ0v) is 24.0. The van der Waals surface area contributed by atoms with Crippen molar-refractivity contribution in [1.29, 1.82) is 5.41 Å². The van der Waals surface area contributed by atoms with Crippen LogP contribution in [0.3, 0.4) is 0 Å². The Bertz CT molecular complexity index is 1410. The summed E-state index contributed by atoms with van der Waals surface area (Å²) in [6.45, 7) is 2.03. The molecule has 1 saturated carbocycles. The minimum atomic E-state index is -0.655. The first kappa shape index (κ1) is 29.4. The molecule has 2 aromatic carbocycles. The molecular weight excluding hydrogens is 536 g/mol. The van der Waals surface area contributed by atoms with Crippen molar-refractivity contribution in [2.75, 3.05) is 20.2 Å².